The summed E-state index contributed by atoms with van der Waals surface area (Å²) < 4.78 is 5.27. The molecule has 1 aliphatic rings. The molecule has 0 aliphatic heterocycles. The Hall–Kier alpha value is -1.24. The highest BCUT2D eigenvalue weighted by atomic mass is 16.5. The van der Waals surface area contributed by atoms with Crippen LogP contribution < -0.4 is 4.74 Å². The predicted octanol–water partition coefficient (Wildman–Crippen LogP) is 3.86. The second-order valence-corrected chi connectivity index (χ2v) is 4.29. The van der Waals surface area contributed by atoms with Gasteiger partial charge in [-0.3, -0.25) is 0 Å². The van der Waals surface area contributed by atoms with Crippen LogP contribution in [0.5, 0.6) is 5.75 Å². The van der Waals surface area contributed by atoms with Crippen molar-refractivity contribution in [2.24, 2.45) is 0 Å². The average molecular weight is 202 g/mol. The van der Waals surface area contributed by atoms with Crippen LogP contribution in [0.15, 0.2) is 30.9 Å². The molecule has 1 atom stereocenters. The Bertz CT molecular complexity index is 364. The molecule has 1 aromatic carbocycles. The van der Waals surface area contributed by atoms with Gasteiger partial charge in [0.1, 0.15) is 5.75 Å². The minimum atomic E-state index is 0.413. The Morgan fingerprint density at radius 2 is 2.20 bits per heavy atom. The fraction of sp³-hybridized carbons (Fsp3) is 0.429. The quantitative estimate of drug-likeness (QED) is 0.674. The summed E-state index contributed by atoms with van der Waals surface area (Å²) >= 11 is 0. The molecule has 0 bridgehead atoms. The van der Waals surface area contributed by atoms with Crippen LogP contribution in [0.1, 0.15) is 42.7 Å². The van der Waals surface area contributed by atoms with Gasteiger partial charge in [0.2, 0.25) is 0 Å². The maximum Gasteiger partial charge on any atom is 0.119 e. The van der Waals surface area contributed by atoms with Gasteiger partial charge in [-0.1, -0.05) is 19.1 Å². The molecule has 0 N–H and O–H groups in total. The van der Waals surface area contributed by atoms with Crippen LogP contribution in [0.4, 0.5) is 0 Å². The van der Waals surface area contributed by atoms with Crippen LogP contribution in [0, 0.1) is 0 Å². The van der Waals surface area contributed by atoms with E-state index in [1.807, 2.05) is 6.08 Å². The minimum absolute atomic E-state index is 0.413. The van der Waals surface area contributed by atoms with E-state index in [9.17, 15) is 0 Å². The van der Waals surface area contributed by atoms with Gasteiger partial charge in [0.05, 0.1) is 7.11 Å². The van der Waals surface area contributed by atoms with Crippen molar-refractivity contribution in [3.8, 4) is 5.75 Å². The van der Waals surface area contributed by atoms with Crippen molar-refractivity contribution in [3.05, 3.63) is 42.0 Å². The zero-order chi connectivity index (χ0) is 10.8. The van der Waals surface area contributed by atoms with Crippen molar-refractivity contribution in [1.29, 1.82) is 0 Å². The molecule has 1 unspecified atom stereocenters. The second kappa shape index (κ2) is 4.09. The van der Waals surface area contributed by atoms with Gasteiger partial charge in [-0.05, 0) is 47.9 Å². The fourth-order valence-electron chi connectivity index (χ4n) is 1.97. The Kier molecular flexibility index (Phi) is 2.81. The van der Waals surface area contributed by atoms with Gasteiger partial charge >= 0.3 is 0 Å². The number of rotatable bonds is 4. The number of methoxy groups -OCH3 is 1. The van der Waals surface area contributed by atoms with Gasteiger partial charge in [-0.25, -0.2) is 0 Å². The molecular formula is C14H18O. The summed E-state index contributed by atoms with van der Waals surface area (Å²) in [5.74, 6) is 2.15. The van der Waals surface area contributed by atoms with E-state index in [1.54, 1.807) is 7.11 Å². The van der Waals surface area contributed by atoms with E-state index in [2.05, 4.69) is 31.7 Å². The minimum Gasteiger partial charge on any atom is -0.497 e. The van der Waals surface area contributed by atoms with Gasteiger partial charge in [0.25, 0.3) is 0 Å². The number of hydrogen-bond acceptors (Lipinski definition) is 1. The summed E-state index contributed by atoms with van der Waals surface area (Å²) in [5.41, 5.74) is 2.87. The maximum atomic E-state index is 5.27. The Labute approximate surface area is 91.8 Å². The number of hydrogen-bond donors (Lipinski definition) is 0. The van der Waals surface area contributed by atoms with Gasteiger partial charge in [0.15, 0.2) is 0 Å². The third-order valence-electron chi connectivity index (χ3n) is 3.16. The standard InChI is InChI=1S/C14H18O/c1-4-10(2)14-9-12(15-3)7-8-13(14)11-5-6-11/h4,7-11H,1,5-6H2,2-3H3. The van der Waals surface area contributed by atoms with Gasteiger partial charge in [-0.15, -0.1) is 6.58 Å². The second-order valence-electron chi connectivity index (χ2n) is 4.29. The Morgan fingerprint density at radius 1 is 1.47 bits per heavy atom. The summed E-state index contributed by atoms with van der Waals surface area (Å²) in [5, 5.41) is 0. The summed E-state index contributed by atoms with van der Waals surface area (Å²) in [6.45, 7) is 6.06. The van der Waals surface area contributed by atoms with E-state index < -0.39 is 0 Å². The zero-order valence-electron chi connectivity index (χ0n) is 9.49. The molecule has 0 radical (unpaired) electrons. The molecule has 1 nitrogen and oxygen atoms in total. The highest BCUT2D eigenvalue weighted by molar-refractivity contribution is 5.42. The fourth-order valence-corrected chi connectivity index (χ4v) is 1.97. The summed E-state index contributed by atoms with van der Waals surface area (Å²) in [7, 11) is 1.72. The number of allylic oxidation sites excluding steroid dienone is 1. The zero-order valence-corrected chi connectivity index (χ0v) is 9.49. The van der Waals surface area contributed by atoms with Crippen LogP contribution >= 0.6 is 0 Å². The maximum absolute atomic E-state index is 5.27. The van der Waals surface area contributed by atoms with Crippen molar-refractivity contribution in [3.63, 3.8) is 0 Å². The van der Waals surface area contributed by atoms with Gasteiger partial charge < -0.3 is 4.74 Å². The molecule has 1 heteroatoms. The first-order valence-electron chi connectivity index (χ1n) is 5.56. The predicted molar refractivity (Wildman–Crippen MR) is 63.6 cm³/mol. The van der Waals surface area contributed by atoms with Crippen LogP contribution in [-0.2, 0) is 0 Å². The van der Waals surface area contributed by atoms with E-state index in [4.69, 9.17) is 4.74 Å². The van der Waals surface area contributed by atoms with Crippen LogP contribution in [0.2, 0.25) is 0 Å². The normalized spacial score (nSPS) is 17.2. The monoisotopic (exact) mass is 202 g/mol. The molecule has 1 fully saturated rings. The molecule has 2 rings (SSSR count). The molecule has 80 valence electrons. The smallest absolute Gasteiger partial charge is 0.119 e. The lowest BCUT2D eigenvalue weighted by atomic mass is 9.93. The van der Waals surface area contributed by atoms with Crippen molar-refractivity contribution < 1.29 is 4.74 Å². The third-order valence-corrected chi connectivity index (χ3v) is 3.16. The Balaban J connectivity index is 2.40. The third kappa shape index (κ3) is 2.06. The van der Waals surface area contributed by atoms with Gasteiger partial charge in [-0.2, -0.15) is 0 Å². The molecule has 1 saturated carbocycles. The van der Waals surface area contributed by atoms with E-state index in [-0.39, 0.29) is 0 Å². The lowest BCUT2D eigenvalue weighted by Gasteiger charge is -2.14. The van der Waals surface area contributed by atoms with Crippen molar-refractivity contribution in [1.82, 2.24) is 0 Å². The number of ether oxygens (including phenoxy) is 1. The molecule has 0 aromatic heterocycles. The lowest BCUT2D eigenvalue weighted by Crippen LogP contribution is -1.97. The topological polar surface area (TPSA) is 9.23 Å². The lowest BCUT2D eigenvalue weighted by molar-refractivity contribution is 0.414. The van der Waals surface area contributed by atoms with Crippen molar-refractivity contribution in [2.75, 3.05) is 7.11 Å². The van der Waals surface area contributed by atoms with E-state index in [0.717, 1.165) is 11.7 Å². The summed E-state index contributed by atoms with van der Waals surface area (Å²) in [6, 6.07) is 6.43. The summed E-state index contributed by atoms with van der Waals surface area (Å²) in [6.07, 6.45) is 4.67. The molecule has 0 amide bonds. The van der Waals surface area contributed by atoms with Crippen LogP contribution in [0.3, 0.4) is 0 Å². The molecule has 15 heavy (non-hydrogen) atoms. The van der Waals surface area contributed by atoms with Crippen molar-refractivity contribution >= 4 is 0 Å². The largest absolute Gasteiger partial charge is 0.497 e. The summed E-state index contributed by atoms with van der Waals surface area (Å²) in [4.78, 5) is 0. The molecular weight excluding hydrogens is 184 g/mol. The molecule has 0 saturated heterocycles. The molecule has 1 aliphatic carbocycles. The van der Waals surface area contributed by atoms with E-state index in [1.165, 1.54) is 24.0 Å². The van der Waals surface area contributed by atoms with E-state index >= 15 is 0 Å². The van der Waals surface area contributed by atoms with Crippen molar-refractivity contribution in [2.45, 2.75) is 31.6 Å². The molecule has 0 spiro atoms. The Morgan fingerprint density at radius 3 is 2.73 bits per heavy atom. The number of benzene rings is 1. The van der Waals surface area contributed by atoms with Crippen LogP contribution in [0.25, 0.3) is 0 Å². The van der Waals surface area contributed by atoms with E-state index in [0.29, 0.717) is 5.92 Å². The first kappa shape index (κ1) is 10.3. The first-order chi connectivity index (χ1) is 7.26. The average Bonchev–Trinajstić information content (AvgIpc) is 3.11. The van der Waals surface area contributed by atoms with Crippen LogP contribution in [-0.4, -0.2) is 7.11 Å². The highest BCUT2D eigenvalue weighted by Gasteiger charge is 2.27. The van der Waals surface area contributed by atoms with Gasteiger partial charge in [0, 0.05) is 0 Å². The SMILES string of the molecule is C=CC(C)c1cc(OC)ccc1C1CC1. The highest BCUT2D eigenvalue weighted by Crippen LogP contribution is 2.44. The first-order valence-corrected chi connectivity index (χ1v) is 5.56. The molecule has 0 heterocycles. The molecule has 1 aromatic rings.